The number of nitrogens with zero attached hydrogens (tertiary/aromatic N) is 1. The zero-order chi connectivity index (χ0) is 32.6. The van der Waals surface area contributed by atoms with Gasteiger partial charge in [0.1, 0.15) is 12.6 Å². The fourth-order valence-electron chi connectivity index (χ4n) is 5.92. The Hall–Kier alpha value is -3.55. The van der Waals surface area contributed by atoms with Crippen LogP contribution in [0.2, 0.25) is 0 Å². The summed E-state index contributed by atoms with van der Waals surface area (Å²) in [6.45, 7) is 5.27. The average molecular weight is 642 g/mol. The molecule has 1 atom stereocenters. The molecular weight excluding hydrogens is 594 g/mol. The molecule has 1 fully saturated rings. The number of nitrogens with one attached hydrogen (secondary N) is 1. The van der Waals surface area contributed by atoms with Crippen LogP contribution in [0.3, 0.4) is 0 Å². The van der Waals surface area contributed by atoms with Crippen LogP contribution in [0.1, 0.15) is 42.7 Å². The maximum Gasteiger partial charge on any atom is 0.407 e. The van der Waals surface area contributed by atoms with Gasteiger partial charge in [0.15, 0.2) is 0 Å². The number of nitrogens with two attached hydrogens (primary N) is 1. The van der Waals surface area contributed by atoms with Crippen molar-refractivity contribution in [2.75, 3.05) is 79.1 Å². The first-order valence-electron chi connectivity index (χ1n) is 16.1. The molecule has 2 aliphatic rings. The molecule has 4 N–H and O–H groups in total. The summed E-state index contributed by atoms with van der Waals surface area (Å²) in [6.07, 6.45) is 1.13. The number of rotatable bonds is 20. The molecule has 2 aromatic carbocycles. The van der Waals surface area contributed by atoms with E-state index in [1.165, 1.54) is 0 Å². The Morgan fingerprint density at radius 2 is 1.33 bits per heavy atom. The summed E-state index contributed by atoms with van der Waals surface area (Å²) in [4.78, 5) is 39.1. The topological polar surface area (TPSA) is 159 Å². The summed E-state index contributed by atoms with van der Waals surface area (Å²) in [6, 6.07) is 15.0. The van der Waals surface area contributed by atoms with E-state index in [4.69, 9.17) is 29.4 Å². The number of benzene rings is 2. The molecule has 0 spiro atoms. The van der Waals surface area contributed by atoms with E-state index >= 15 is 0 Å². The fourth-order valence-corrected chi connectivity index (χ4v) is 5.92. The van der Waals surface area contributed by atoms with Gasteiger partial charge in [-0.2, -0.15) is 0 Å². The summed E-state index contributed by atoms with van der Waals surface area (Å²) in [5.41, 5.74) is 9.76. The van der Waals surface area contributed by atoms with Crippen molar-refractivity contribution in [3.05, 3.63) is 59.7 Å². The van der Waals surface area contributed by atoms with Crippen molar-refractivity contribution in [1.82, 2.24) is 10.2 Å². The first kappa shape index (κ1) is 35.3. The minimum absolute atomic E-state index is 0.0103. The Bertz CT molecular complexity index is 1210. The zero-order valence-corrected chi connectivity index (χ0v) is 26.4. The fraction of sp³-hybridized carbons (Fsp3) is 0.559. The third-order valence-electron chi connectivity index (χ3n) is 8.31. The highest BCUT2D eigenvalue weighted by atomic mass is 16.6. The maximum atomic E-state index is 12.7. The van der Waals surface area contributed by atoms with Gasteiger partial charge in [-0.3, -0.25) is 4.79 Å². The molecule has 252 valence electrons. The minimum Gasteiger partial charge on any atom is -0.480 e. The number of carboxylic acids is 1. The van der Waals surface area contributed by atoms with Crippen LogP contribution in [0.4, 0.5) is 4.79 Å². The molecular formula is C34H47N3O9. The van der Waals surface area contributed by atoms with Crippen molar-refractivity contribution in [2.24, 2.45) is 11.7 Å². The Kier molecular flexibility index (Phi) is 14.7. The van der Waals surface area contributed by atoms with Crippen molar-refractivity contribution in [3.63, 3.8) is 0 Å². The van der Waals surface area contributed by atoms with E-state index in [-0.39, 0.29) is 37.2 Å². The van der Waals surface area contributed by atoms with Crippen LogP contribution in [0.15, 0.2) is 48.5 Å². The number of fused-ring (bicyclic) bond motifs is 3. The predicted octanol–water partition coefficient (Wildman–Crippen LogP) is 3.02. The second kappa shape index (κ2) is 19.2. The third-order valence-corrected chi connectivity index (χ3v) is 8.31. The van der Waals surface area contributed by atoms with E-state index in [9.17, 15) is 19.5 Å². The number of carboxylic acid groups (broad SMARTS) is 1. The van der Waals surface area contributed by atoms with Crippen LogP contribution in [-0.4, -0.2) is 113 Å². The Labute approximate surface area is 270 Å². The summed E-state index contributed by atoms with van der Waals surface area (Å²) in [5.74, 6) is -1.13. The Morgan fingerprint density at radius 3 is 1.87 bits per heavy atom. The number of amides is 2. The van der Waals surface area contributed by atoms with Crippen molar-refractivity contribution < 1.29 is 43.2 Å². The summed E-state index contributed by atoms with van der Waals surface area (Å²) in [7, 11) is 0. The van der Waals surface area contributed by atoms with Gasteiger partial charge in [-0.15, -0.1) is 0 Å². The van der Waals surface area contributed by atoms with Gasteiger partial charge in [-0.25, -0.2) is 9.59 Å². The van der Waals surface area contributed by atoms with Crippen LogP contribution in [0.25, 0.3) is 11.1 Å². The normalized spacial score (nSPS) is 15.3. The lowest BCUT2D eigenvalue weighted by Gasteiger charge is -2.33. The SMILES string of the molecule is NCCOCCOCCOCCOCCC(=O)N1CCC(C[C@@H](NC(=O)OCC2c3ccccc3-c3ccccc32)C(=O)O)CC1. The van der Waals surface area contributed by atoms with Crippen LogP contribution in [-0.2, 0) is 33.3 Å². The molecule has 0 aromatic heterocycles. The summed E-state index contributed by atoms with van der Waals surface area (Å²) < 4.78 is 27.1. The maximum absolute atomic E-state index is 12.7. The summed E-state index contributed by atoms with van der Waals surface area (Å²) in [5, 5.41) is 12.4. The van der Waals surface area contributed by atoms with Gasteiger partial charge < -0.3 is 44.7 Å². The molecule has 0 saturated carbocycles. The molecule has 0 bridgehead atoms. The van der Waals surface area contributed by atoms with Gasteiger partial charge >= 0.3 is 12.1 Å². The zero-order valence-electron chi connectivity index (χ0n) is 26.4. The van der Waals surface area contributed by atoms with E-state index < -0.39 is 18.1 Å². The van der Waals surface area contributed by atoms with E-state index in [0.717, 1.165) is 22.3 Å². The lowest BCUT2D eigenvalue weighted by Crippen LogP contribution is -2.45. The van der Waals surface area contributed by atoms with Crippen LogP contribution < -0.4 is 11.1 Å². The molecule has 1 saturated heterocycles. The lowest BCUT2D eigenvalue weighted by atomic mass is 9.90. The molecule has 1 heterocycles. The molecule has 0 radical (unpaired) electrons. The van der Waals surface area contributed by atoms with Gasteiger partial charge in [0, 0.05) is 25.6 Å². The molecule has 0 unspecified atom stereocenters. The standard InChI is InChI=1S/C34H47N3O9/c35-12-16-43-18-20-45-22-21-44-19-17-42-15-11-32(38)37-13-9-25(10-14-37)23-31(33(39)40)36-34(41)46-24-30-28-7-3-1-5-26(28)27-6-2-4-8-29(27)30/h1-8,25,30-31H,9-24,35H2,(H,36,41)(H,39,40)/t31-/m1/s1. The molecule has 12 heteroatoms. The van der Waals surface area contributed by atoms with Crippen LogP contribution in [0, 0.1) is 5.92 Å². The third kappa shape index (κ3) is 10.8. The number of alkyl carbamates (subject to hydrolysis) is 1. The van der Waals surface area contributed by atoms with Gasteiger partial charge in [-0.1, -0.05) is 48.5 Å². The predicted molar refractivity (Wildman–Crippen MR) is 170 cm³/mol. The number of hydrogen-bond acceptors (Lipinski definition) is 9. The number of likely N-dealkylation sites (tertiary alicyclic amines) is 1. The number of hydrogen-bond donors (Lipinski definition) is 3. The van der Waals surface area contributed by atoms with Crippen molar-refractivity contribution in [2.45, 2.75) is 37.6 Å². The van der Waals surface area contributed by atoms with Crippen molar-refractivity contribution >= 4 is 18.0 Å². The quantitative estimate of drug-likeness (QED) is 0.184. The van der Waals surface area contributed by atoms with E-state index in [1.807, 2.05) is 36.4 Å². The van der Waals surface area contributed by atoms with Crippen LogP contribution in [0.5, 0.6) is 0 Å². The largest absolute Gasteiger partial charge is 0.480 e. The van der Waals surface area contributed by atoms with Gasteiger partial charge in [0.25, 0.3) is 0 Å². The van der Waals surface area contributed by atoms with Gasteiger partial charge in [0.2, 0.25) is 5.91 Å². The van der Waals surface area contributed by atoms with Crippen molar-refractivity contribution in [3.8, 4) is 11.1 Å². The number of piperidine rings is 1. The average Bonchev–Trinajstić information content (AvgIpc) is 3.39. The van der Waals surface area contributed by atoms with E-state index in [2.05, 4.69) is 17.4 Å². The summed E-state index contributed by atoms with van der Waals surface area (Å²) >= 11 is 0. The monoisotopic (exact) mass is 641 g/mol. The highest BCUT2D eigenvalue weighted by Gasteiger charge is 2.31. The first-order chi connectivity index (χ1) is 22.5. The first-order valence-corrected chi connectivity index (χ1v) is 16.1. The van der Waals surface area contributed by atoms with Crippen molar-refractivity contribution in [1.29, 1.82) is 0 Å². The van der Waals surface area contributed by atoms with Gasteiger partial charge in [0.05, 0.1) is 59.3 Å². The highest BCUT2D eigenvalue weighted by Crippen LogP contribution is 2.44. The van der Waals surface area contributed by atoms with E-state index in [0.29, 0.717) is 85.3 Å². The highest BCUT2D eigenvalue weighted by molar-refractivity contribution is 5.81. The van der Waals surface area contributed by atoms with Crippen LogP contribution >= 0.6 is 0 Å². The Morgan fingerprint density at radius 1 is 0.804 bits per heavy atom. The number of carbonyl (C=O) groups excluding carboxylic acids is 2. The molecule has 2 amide bonds. The Balaban J connectivity index is 1.08. The molecule has 2 aromatic rings. The second-order valence-corrected chi connectivity index (χ2v) is 11.4. The number of ether oxygens (including phenoxy) is 5. The minimum atomic E-state index is -1.10. The molecule has 1 aliphatic carbocycles. The van der Waals surface area contributed by atoms with Gasteiger partial charge in [-0.05, 0) is 47.4 Å². The lowest BCUT2D eigenvalue weighted by molar-refractivity contribution is -0.140. The smallest absolute Gasteiger partial charge is 0.407 e. The molecule has 46 heavy (non-hydrogen) atoms. The molecule has 1 aliphatic heterocycles. The van der Waals surface area contributed by atoms with E-state index in [1.54, 1.807) is 4.90 Å². The molecule has 12 nitrogen and oxygen atoms in total. The number of carbonyl (C=O) groups is 3. The molecule has 4 rings (SSSR count). The second-order valence-electron chi connectivity index (χ2n) is 11.4. The number of aliphatic carboxylic acids is 1.